The van der Waals surface area contributed by atoms with E-state index in [0.717, 1.165) is 0 Å². The molecular formula is C15H18N2O4. The van der Waals surface area contributed by atoms with Crippen molar-refractivity contribution in [2.24, 2.45) is 0 Å². The number of carbonyl (C=O) groups excluding carboxylic acids is 3. The Labute approximate surface area is 123 Å². The Kier molecular flexibility index (Phi) is 4.09. The Balaban J connectivity index is 2.17. The topological polar surface area (TPSA) is 75.7 Å². The summed E-state index contributed by atoms with van der Waals surface area (Å²) in [4.78, 5) is 37.3. The van der Waals surface area contributed by atoms with Crippen LogP contribution in [-0.4, -0.2) is 48.2 Å². The molecule has 1 aromatic carbocycles. The number of hydrogen-bond acceptors (Lipinski definition) is 5. The summed E-state index contributed by atoms with van der Waals surface area (Å²) >= 11 is 0. The van der Waals surface area contributed by atoms with Gasteiger partial charge in [-0.2, -0.15) is 0 Å². The molecule has 0 atom stereocenters. The molecule has 2 amide bonds. The van der Waals surface area contributed by atoms with Gasteiger partial charge in [0.1, 0.15) is 5.75 Å². The van der Waals surface area contributed by atoms with E-state index in [4.69, 9.17) is 4.74 Å². The highest BCUT2D eigenvalue weighted by Gasteiger charge is 2.41. The summed E-state index contributed by atoms with van der Waals surface area (Å²) in [7, 11) is 1.53. The number of nitrogens with zero attached hydrogens (tertiary/aromatic N) is 1. The lowest BCUT2D eigenvalue weighted by atomic mass is 9.97. The van der Waals surface area contributed by atoms with Crippen LogP contribution in [0, 0.1) is 0 Å². The summed E-state index contributed by atoms with van der Waals surface area (Å²) in [5.74, 6) is -0.355. The zero-order valence-electron chi connectivity index (χ0n) is 12.3. The highest BCUT2D eigenvalue weighted by molar-refractivity contribution is 6.04. The number of nitrogens with one attached hydrogen (secondary N) is 1. The summed E-state index contributed by atoms with van der Waals surface area (Å²) in [6.45, 7) is 3.40. The minimum Gasteiger partial charge on any atom is -0.497 e. The van der Waals surface area contributed by atoms with Crippen LogP contribution in [0.4, 0.5) is 0 Å². The highest BCUT2D eigenvalue weighted by Crippen LogP contribution is 2.20. The van der Waals surface area contributed by atoms with Crippen molar-refractivity contribution in [1.82, 2.24) is 10.2 Å². The number of methoxy groups -OCH3 is 1. The molecule has 112 valence electrons. The van der Waals surface area contributed by atoms with Crippen molar-refractivity contribution in [3.8, 4) is 5.75 Å². The number of amides is 2. The van der Waals surface area contributed by atoms with E-state index in [-0.39, 0.29) is 18.9 Å². The average molecular weight is 290 g/mol. The number of rotatable bonds is 4. The molecule has 1 aliphatic heterocycles. The van der Waals surface area contributed by atoms with Crippen LogP contribution in [0.15, 0.2) is 24.3 Å². The Morgan fingerprint density at radius 3 is 2.76 bits per heavy atom. The second-order valence-electron chi connectivity index (χ2n) is 5.45. The molecule has 0 unspecified atom stereocenters. The molecule has 0 saturated carbocycles. The molecule has 6 nitrogen and oxygen atoms in total. The van der Waals surface area contributed by atoms with Gasteiger partial charge in [0.2, 0.25) is 11.8 Å². The van der Waals surface area contributed by atoms with E-state index < -0.39 is 17.4 Å². The van der Waals surface area contributed by atoms with Crippen LogP contribution in [0.2, 0.25) is 0 Å². The highest BCUT2D eigenvalue weighted by atomic mass is 16.5. The Hall–Kier alpha value is -2.21. The zero-order valence-corrected chi connectivity index (χ0v) is 12.3. The van der Waals surface area contributed by atoms with Crippen molar-refractivity contribution in [3.63, 3.8) is 0 Å². The molecule has 0 radical (unpaired) electrons. The first-order valence-electron chi connectivity index (χ1n) is 6.61. The summed E-state index contributed by atoms with van der Waals surface area (Å²) < 4.78 is 5.09. The molecule has 21 heavy (non-hydrogen) atoms. The molecular weight excluding hydrogens is 272 g/mol. The van der Waals surface area contributed by atoms with E-state index in [1.807, 2.05) is 0 Å². The first-order chi connectivity index (χ1) is 9.84. The monoisotopic (exact) mass is 290 g/mol. The number of ether oxygens (including phenoxy) is 1. The minimum atomic E-state index is -0.900. The van der Waals surface area contributed by atoms with Gasteiger partial charge < -0.3 is 4.74 Å². The number of hydrogen-bond donors (Lipinski definition) is 1. The molecule has 0 bridgehead atoms. The molecule has 0 aromatic heterocycles. The minimum absolute atomic E-state index is 0.000667. The van der Waals surface area contributed by atoms with Crippen LogP contribution in [0.1, 0.15) is 24.2 Å². The summed E-state index contributed by atoms with van der Waals surface area (Å²) in [6, 6.07) is 6.80. The second-order valence-corrected chi connectivity index (χ2v) is 5.45. The molecule has 2 rings (SSSR count). The van der Waals surface area contributed by atoms with E-state index in [1.54, 1.807) is 43.0 Å². The van der Waals surface area contributed by atoms with Gasteiger partial charge in [-0.1, -0.05) is 12.1 Å². The van der Waals surface area contributed by atoms with Crippen LogP contribution >= 0.6 is 0 Å². The molecule has 1 saturated heterocycles. The van der Waals surface area contributed by atoms with Crippen molar-refractivity contribution >= 4 is 17.6 Å². The molecule has 0 spiro atoms. The number of imide groups is 1. The molecule has 1 N–H and O–H groups in total. The van der Waals surface area contributed by atoms with Gasteiger partial charge in [0.05, 0.1) is 25.7 Å². The van der Waals surface area contributed by atoms with Gasteiger partial charge in [0.15, 0.2) is 5.78 Å². The summed E-state index contributed by atoms with van der Waals surface area (Å²) in [6.07, 6.45) is 0. The van der Waals surface area contributed by atoms with Crippen molar-refractivity contribution in [2.45, 2.75) is 19.4 Å². The van der Waals surface area contributed by atoms with Gasteiger partial charge in [-0.15, -0.1) is 0 Å². The lowest BCUT2D eigenvalue weighted by Gasteiger charge is -2.39. The van der Waals surface area contributed by atoms with Gasteiger partial charge in [-0.3, -0.25) is 24.6 Å². The van der Waals surface area contributed by atoms with Gasteiger partial charge >= 0.3 is 0 Å². The van der Waals surface area contributed by atoms with Gasteiger partial charge in [0.25, 0.3) is 0 Å². The third-order valence-electron chi connectivity index (χ3n) is 3.66. The van der Waals surface area contributed by atoms with E-state index >= 15 is 0 Å². The SMILES string of the molecule is COc1cccc(C(=O)CN2CC(=O)NC(=O)C2(C)C)c1. The molecule has 0 aliphatic carbocycles. The first-order valence-corrected chi connectivity index (χ1v) is 6.61. The number of benzene rings is 1. The summed E-state index contributed by atoms with van der Waals surface area (Å²) in [5.41, 5.74) is -0.411. The first kappa shape index (κ1) is 15.2. The third kappa shape index (κ3) is 3.11. The van der Waals surface area contributed by atoms with Gasteiger partial charge in [0, 0.05) is 5.56 Å². The summed E-state index contributed by atoms with van der Waals surface area (Å²) in [5, 5.41) is 2.28. The fourth-order valence-corrected chi connectivity index (χ4v) is 2.15. The smallest absolute Gasteiger partial charge is 0.246 e. The normalized spacial score (nSPS) is 18.2. The van der Waals surface area contributed by atoms with Gasteiger partial charge in [-0.05, 0) is 26.0 Å². The predicted octanol–water partition coefficient (Wildman–Crippen LogP) is 0.615. The van der Waals surface area contributed by atoms with Crippen LogP contribution < -0.4 is 10.1 Å². The van der Waals surface area contributed by atoms with E-state index in [0.29, 0.717) is 11.3 Å². The molecule has 1 aliphatic rings. The maximum absolute atomic E-state index is 12.3. The van der Waals surface area contributed by atoms with Crippen LogP contribution in [0.25, 0.3) is 0 Å². The molecule has 1 heterocycles. The van der Waals surface area contributed by atoms with E-state index in [1.165, 1.54) is 7.11 Å². The Bertz CT molecular complexity index is 595. The lowest BCUT2D eigenvalue weighted by Crippen LogP contribution is -2.64. The number of piperazine rings is 1. The molecule has 6 heteroatoms. The zero-order chi connectivity index (χ0) is 15.6. The lowest BCUT2D eigenvalue weighted by molar-refractivity contribution is -0.144. The van der Waals surface area contributed by atoms with E-state index in [9.17, 15) is 14.4 Å². The van der Waals surface area contributed by atoms with Gasteiger partial charge in [-0.25, -0.2) is 0 Å². The predicted molar refractivity (Wildman–Crippen MR) is 76.1 cm³/mol. The third-order valence-corrected chi connectivity index (χ3v) is 3.66. The number of ketones is 1. The standard InChI is InChI=1S/C15H18N2O4/c1-15(2)14(20)16-13(19)9-17(15)8-12(18)10-5-4-6-11(7-10)21-3/h4-7H,8-9H2,1-3H3,(H,16,19,20). The Morgan fingerprint density at radius 2 is 2.10 bits per heavy atom. The van der Waals surface area contributed by atoms with E-state index in [2.05, 4.69) is 5.32 Å². The fraction of sp³-hybridized carbons (Fsp3) is 0.400. The molecule has 1 fully saturated rings. The van der Waals surface area contributed by atoms with Crippen molar-refractivity contribution in [3.05, 3.63) is 29.8 Å². The number of carbonyl (C=O) groups is 3. The molecule has 1 aromatic rings. The van der Waals surface area contributed by atoms with Crippen molar-refractivity contribution < 1.29 is 19.1 Å². The quantitative estimate of drug-likeness (QED) is 0.649. The maximum atomic E-state index is 12.3. The number of Topliss-reactive ketones (excluding diaryl/α,β-unsaturated/α-hetero) is 1. The van der Waals surface area contributed by atoms with Crippen LogP contribution in [0.3, 0.4) is 0 Å². The van der Waals surface area contributed by atoms with Crippen LogP contribution in [0.5, 0.6) is 5.75 Å². The Morgan fingerprint density at radius 1 is 1.38 bits per heavy atom. The second kappa shape index (κ2) is 5.65. The fourth-order valence-electron chi connectivity index (χ4n) is 2.15. The van der Waals surface area contributed by atoms with Crippen molar-refractivity contribution in [2.75, 3.05) is 20.2 Å². The largest absolute Gasteiger partial charge is 0.497 e. The average Bonchev–Trinajstić information content (AvgIpc) is 2.45. The van der Waals surface area contributed by atoms with Crippen LogP contribution in [-0.2, 0) is 9.59 Å². The maximum Gasteiger partial charge on any atom is 0.246 e. The van der Waals surface area contributed by atoms with Crippen molar-refractivity contribution in [1.29, 1.82) is 0 Å².